The van der Waals surface area contributed by atoms with E-state index in [1.165, 1.54) is 12.8 Å². The van der Waals surface area contributed by atoms with Gasteiger partial charge in [-0.1, -0.05) is 12.2 Å². The third kappa shape index (κ3) is 1.70. The fourth-order valence-corrected chi connectivity index (χ4v) is 2.82. The van der Waals surface area contributed by atoms with E-state index >= 15 is 0 Å². The van der Waals surface area contributed by atoms with Gasteiger partial charge in [0.15, 0.2) is 0 Å². The van der Waals surface area contributed by atoms with E-state index in [1.807, 2.05) is 19.2 Å². The molecule has 1 aromatic rings. The molecule has 0 N–H and O–H groups in total. The van der Waals surface area contributed by atoms with Gasteiger partial charge in [-0.25, -0.2) is 9.97 Å². The van der Waals surface area contributed by atoms with Crippen LogP contribution in [0.25, 0.3) is 0 Å². The zero-order valence-electron chi connectivity index (χ0n) is 9.63. The first-order chi connectivity index (χ1) is 7.83. The average molecular weight is 215 g/mol. The highest BCUT2D eigenvalue weighted by Gasteiger charge is 2.33. The summed E-state index contributed by atoms with van der Waals surface area (Å²) in [5, 5.41) is 0. The Kier molecular flexibility index (Phi) is 2.39. The lowest BCUT2D eigenvalue weighted by molar-refractivity contribution is 0.411. The standard InChI is InChI=1S/C13H17N3/c1-10-14-7-6-13(15-10)16-8-11-4-2-3-5-12(11)9-16/h2-3,6-7,11-12H,4-5,8-9H2,1H3/t11-,12+. The van der Waals surface area contributed by atoms with Crippen LogP contribution < -0.4 is 4.90 Å². The Morgan fingerprint density at radius 3 is 2.50 bits per heavy atom. The van der Waals surface area contributed by atoms with Crippen LogP contribution in [0.15, 0.2) is 24.4 Å². The third-order valence-corrected chi connectivity index (χ3v) is 3.71. The number of rotatable bonds is 1. The molecule has 3 heteroatoms. The summed E-state index contributed by atoms with van der Waals surface area (Å²) < 4.78 is 0. The highest BCUT2D eigenvalue weighted by Crippen LogP contribution is 2.34. The SMILES string of the molecule is Cc1nccc(N2C[C@H]3CC=CC[C@H]3C2)n1. The number of hydrogen-bond donors (Lipinski definition) is 0. The topological polar surface area (TPSA) is 29.0 Å². The van der Waals surface area contributed by atoms with Gasteiger partial charge in [0.25, 0.3) is 0 Å². The molecule has 0 amide bonds. The fourth-order valence-electron chi connectivity index (χ4n) is 2.82. The molecular weight excluding hydrogens is 198 g/mol. The molecule has 1 aliphatic heterocycles. The van der Waals surface area contributed by atoms with E-state index in [0.29, 0.717) is 0 Å². The molecule has 1 fully saturated rings. The molecule has 2 heterocycles. The van der Waals surface area contributed by atoms with Crippen LogP contribution in [-0.4, -0.2) is 23.1 Å². The quantitative estimate of drug-likeness (QED) is 0.672. The summed E-state index contributed by atoms with van der Waals surface area (Å²) in [6.07, 6.45) is 9.00. The maximum absolute atomic E-state index is 4.51. The van der Waals surface area contributed by atoms with Crippen molar-refractivity contribution in [2.75, 3.05) is 18.0 Å². The van der Waals surface area contributed by atoms with Crippen molar-refractivity contribution in [1.29, 1.82) is 0 Å². The fraction of sp³-hybridized carbons (Fsp3) is 0.538. The summed E-state index contributed by atoms with van der Waals surface area (Å²) in [6.45, 7) is 4.27. The Morgan fingerprint density at radius 2 is 1.88 bits per heavy atom. The number of aromatic nitrogens is 2. The van der Waals surface area contributed by atoms with Crippen molar-refractivity contribution in [3.63, 3.8) is 0 Å². The van der Waals surface area contributed by atoms with Crippen LogP contribution in [0.5, 0.6) is 0 Å². The first kappa shape index (κ1) is 9.82. The predicted octanol–water partition coefficient (Wildman–Crippen LogP) is 2.19. The predicted molar refractivity (Wildman–Crippen MR) is 64.3 cm³/mol. The number of nitrogens with zero attached hydrogens (tertiary/aromatic N) is 3. The highest BCUT2D eigenvalue weighted by atomic mass is 15.2. The zero-order valence-corrected chi connectivity index (χ0v) is 9.63. The molecule has 0 spiro atoms. The van der Waals surface area contributed by atoms with Crippen LogP contribution in [0, 0.1) is 18.8 Å². The third-order valence-electron chi connectivity index (χ3n) is 3.71. The minimum absolute atomic E-state index is 0.834. The van der Waals surface area contributed by atoms with E-state index < -0.39 is 0 Å². The molecule has 1 saturated heterocycles. The lowest BCUT2D eigenvalue weighted by atomic mass is 9.86. The molecule has 84 valence electrons. The summed E-state index contributed by atoms with van der Waals surface area (Å²) in [6, 6.07) is 2.03. The molecule has 0 saturated carbocycles. The van der Waals surface area contributed by atoms with E-state index in [2.05, 4.69) is 27.0 Å². The van der Waals surface area contributed by atoms with Crippen molar-refractivity contribution in [2.45, 2.75) is 19.8 Å². The van der Waals surface area contributed by atoms with E-state index in [-0.39, 0.29) is 0 Å². The summed E-state index contributed by atoms with van der Waals surface area (Å²) in [5.74, 6) is 3.63. The molecule has 16 heavy (non-hydrogen) atoms. The van der Waals surface area contributed by atoms with Crippen molar-refractivity contribution in [3.8, 4) is 0 Å². The van der Waals surface area contributed by atoms with Crippen LogP contribution in [0.2, 0.25) is 0 Å². The second-order valence-corrected chi connectivity index (χ2v) is 4.83. The first-order valence-corrected chi connectivity index (χ1v) is 6.02. The Labute approximate surface area is 96.2 Å². The molecule has 1 aliphatic carbocycles. The van der Waals surface area contributed by atoms with Gasteiger partial charge >= 0.3 is 0 Å². The van der Waals surface area contributed by atoms with Gasteiger partial charge in [-0.15, -0.1) is 0 Å². The first-order valence-electron chi connectivity index (χ1n) is 6.02. The van der Waals surface area contributed by atoms with Crippen LogP contribution in [0.1, 0.15) is 18.7 Å². The number of fused-ring (bicyclic) bond motifs is 1. The van der Waals surface area contributed by atoms with Crippen LogP contribution in [0.4, 0.5) is 5.82 Å². The molecular formula is C13H17N3. The number of aryl methyl sites for hydroxylation is 1. The lowest BCUT2D eigenvalue weighted by Gasteiger charge is -2.17. The van der Waals surface area contributed by atoms with Gasteiger partial charge in [0, 0.05) is 19.3 Å². The molecule has 2 aliphatic rings. The van der Waals surface area contributed by atoms with Crippen molar-refractivity contribution in [3.05, 3.63) is 30.2 Å². The second-order valence-electron chi connectivity index (χ2n) is 4.83. The maximum atomic E-state index is 4.51. The van der Waals surface area contributed by atoms with Crippen molar-refractivity contribution in [2.24, 2.45) is 11.8 Å². The molecule has 0 radical (unpaired) electrons. The zero-order chi connectivity index (χ0) is 11.0. The minimum atomic E-state index is 0.834. The molecule has 3 nitrogen and oxygen atoms in total. The molecule has 0 bridgehead atoms. The van der Waals surface area contributed by atoms with Gasteiger partial charge in [-0.2, -0.15) is 0 Å². The van der Waals surface area contributed by atoms with Gasteiger partial charge in [0.2, 0.25) is 0 Å². The summed E-state index contributed by atoms with van der Waals surface area (Å²) in [5.41, 5.74) is 0. The Balaban J connectivity index is 1.79. The highest BCUT2D eigenvalue weighted by molar-refractivity contribution is 5.39. The van der Waals surface area contributed by atoms with E-state index in [0.717, 1.165) is 36.6 Å². The smallest absolute Gasteiger partial charge is 0.132 e. The van der Waals surface area contributed by atoms with Gasteiger partial charge < -0.3 is 4.90 Å². The number of hydrogen-bond acceptors (Lipinski definition) is 3. The van der Waals surface area contributed by atoms with Crippen molar-refractivity contribution in [1.82, 2.24) is 9.97 Å². The number of allylic oxidation sites excluding steroid dienone is 2. The minimum Gasteiger partial charge on any atom is -0.356 e. The van der Waals surface area contributed by atoms with Crippen LogP contribution in [-0.2, 0) is 0 Å². The summed E-state index contributed by atoms with van der Waals surface area (Å²) in [4.78, 5) is 11.1. The lowest BCUT2D eigenvalue weighted by Crippen LogP contribution is -2.21. The Morgan fingerprint density at radius 1 is 1.19 bits per heavy atom. The molecule has 2 atom stereocenters. The van der Waals surface area contributed by atoms with Gasteiger partial charge in [-0.05, 0) is 37.7 Å². The maximum Gasteiger partial charge on any atom is 0.132 e. The van der Waals surface area contributed by atoms with Gasteiger partial charge in [0.1, 0.15) is 11.6 Å². The Bertz CT molecular complexity index is 397. The van der Waals surface area contributed by atoms with E-state index in [4.69, 9.17) is 0 Å². The molecule has 0 aromatic carbocycles. The summed E-state index contributed by atoms with van der Waals surface area (Å²) >= 11 is 0. The normalized spacial score (nSPS) is 28.2. The summed E-state index contributed by atoms with van der Waals surface area (Å²) in [7, 11) is 0. The molecule has 3 rings (SSSR count). The van der Waals surface area contributed by atoms with Gasteiger partial charge in [-0.3, -0.25) is 0 Å². The van der Waals surface area contributed by atoms with E-state index in [9.17, 15) is 0 Å². The van der Waals surface area contributed by atoms with Crippen LogP contribution in [0.3, 0.4) is 0 Å². The van der Waals surface area contributed by atoms with Crippen molar-refractivity contribution >= 4 is 5.82 Å². The average Bonchev–Trinajstić information content (AvgIpc) is 2.72. The van der Waals surface area contributed by atoms with Gasteiger partial charge in [0.05, 0.1) is 0 Å². The molecule has 1 aromatic heterocycles. The Hall–Kier alpha value is -1.38. The van der Waals surface area contributed by atoms with Crippen LogP contribution >= 0.6 is 0 Å². The van der Waals surface area contributed by atoms with Crippen molar-refractivity contribution < 1.29 is 0 Å². The molecule has 0 unspecified atom stereocenters. The monoisotopic (exact) mass is 215 g/mol. The number of anilines is 1. The largest absolute Gasteiger partial charge is 0.356 e. The van der Waals surface area contributed by atoms with E-state index in [1.54, 1.807) is 0 Å². The second kappa shape index (κ2) is 3.89.